The van der Waals surface area contributed by atoms with E-state index in [-0.39, 0.29) is 11.2 Å². The molecule has 0 bridgehead atoms. The van der Waals surface area contributed by atoms with E-state index < -0.39 is 29.0 Å². The Morgan fingerprint density at radius 2 is 1.67 bits per heavy atom. The number of halogens is 4. The summed E-state index contributed by atoms with van der Waals surface area (Å²) in [4.78, 5) is 3.23. The van der Waals surface area contributed by atoms with Gasteiger partial charge in [0, 0.05) is 6.07 Å². The van der Waals surface area contributed by atoms with Crippen molar-refractivity contribution in [2.75, 3.05) is 6.26 Å². The van der Waals surface area contributed by atoms with Crippen molar-refractivity contribution in [2.45, 2.75) is 0 Å². The summed E-state index contributed by atoms with van der Waals surface area (Å²) in [5, 5.41) is -0.196. The van der Waals surface area contributed by atoms with E-state index in [4.69, 9.17) is 5.73 Å². The molecule has 2 N–H and O–H groups in total. The molecule has 0 amide bonds. The number of hydrogen-bond acceptors (Lipinski definition) is 2. The van der Waals surface area contributed by atoms with Gasteiger partial charge in [0.15, 0.2) is 28.4 Å². The van der Waals surface area contributed by atoms with E-state index in [1.54, 1.807) is 0 Å². The first kappa shape index (κ1) is 11.8. The van der Waals surface area contributed by atoms with Crippen molar-refractivity contribution in [3.63, 3.8) is 0 Å². The predicted molar refractivity (Wildman–Crippen MR) is 51.1 cm³/mol. The van der Waals surface area contributed by atoms with E-state index >= 15 is 0 Å². The fourth-order valence-corrected chi connectivity index (χ4v) is 0.997. The third kappa shape index (κ3) is 2.41. The quantitative estimate of drug-likeness (QED) is 0.353. The average molecular weight is 238 g/mol. The highest BCUT2D eigenvalue weighted by Crippen LogP contribution is 2.27. The number of benzene rings is 1. The zero-order valence-electron chi connectivity index (χ0n) is 7.52. The van der Waals surface area contributed by atoms with Crippen molar-refractivity contribution in [1.82, 2.24) is 0 Å². The maximum atomic E-state index is 13.0. The van der Waals surface area contributed by atoms with E-state index in [2.05, 4.69) is 4.99 Å². The van der Waals surface area contributed by atoms with Gasteiger partial charge in [0.25, 0.3) is 0 Å². The van der Waals surface area contributed by atoms with Gasteiger partial charge in [-0.3, -0.25) is 0 Å². The van der Waals surface area contributed by atoms with Crippen molar-refractivity contribution < 1.29 is 17.6 Å². The molecule has 0 atom stereocenters. The Bertz CT molecular complexity index is 393. The van der Waals surface area contributed by atoms with Crippen LogP contribution < -0.4 is 5.73 Å². The van der Waals surface area contributed by atoms with Gasteiger partial charge >= 0.3 is 0 Å². The molecule has 0 aliphatic carbocycles. The normalized spacial score (nSPS) is 11.9. The molecule has 15 heavy (non-hydrogen) atoms. The summed E-state index contributed by atoms with van der Waals surface area (Å²) < 4.78 is 51.3. The highest BCUT2D eigenvalue weighted by Gasteiger charge is 2.18. The topological polar surface area (TPSA) is 38.4 Å². The Hall–Kier alpha value is -1.24. The number of nitrogens with zero attached hydrogens (tertiary/aromatic N) is 1. The number of nitrogens with two attached hydrogens (primary N) is 1. The number of rotatable bonds is 1. The van der Waals surface area contributed by atoms with E-state index in [0.717, 1.165) is 11.8 Å². The monoisotopic (exact) mass is 238 g/mol. The maximum Gasteiger partial charge on any atom is 0.187 e. The van der Waals surface area contributed by atoms with Crippen molar-refractivity contribution in [3.05, 3.63) is 29.3 Å². The minimum absolute atomic E-state index is 0.110. The predicted octanol–water partition coefficient (Wildman–Crippen LogP) is 2.55. The maximum absolute atomic E-state index is 13.0. The van der Waals surface area contributed by atoms with Crippen molar-refractivity contribution in [3.8, 4) is 0 Å². The summed E-state index contributed by atoms with van der Waals surface area (Å²) in [6, 6.07) is 0.110. The Morgan fingerprint density at radius 3 is 2.07 bits per heavy atom. The summed E-state index contributed by atoms with van der Waals surface area (Å²) in [6.07, 6.45) is 1.50. The van der Waals surface area contributed by atoms with Crippen LogP contribution in [0.25, 0.3) is 0 Å². The van der Waals surface area contributed by atoms with E-state index in [1.165, 1.54) is 6.26 Å². The second-order valence-corrected chi connectivity index (χ2v) is 3.30. The summed E-state index contributed by atoms with van der Waals surface area (Å²) in [5.74, 6) is -6.15. The molecule has 0 radical (unpaired) electrons. The molecule has 0 heterocycles. The van der Waals surface area contributed by atoms with Crippen LogP contribution in [0.3, 0.4) is 0 Å². The zero-order valence-corrected chi connectivity index (χ0v) is 8.34. The molecule has 0 saturated heterocycles. The summed E-state index contributed by atoms with van der Waals surface area (Å²) in [6.45, 7) is 0. The molecule has 1 aromatic carbocycles. The second kappa shape index (κ2) is 4.52. The van der Waals surface area contributed by atoms with Crippen LogP contribution in [0.5, 0.6) is 0 Å². The highest BCUT2D eigenvalue weighted by molar-refractivity contribution is 8.13. The summed E-state index contributed by atoms with van der Waals surface area (Å²) >= 11 is 0.898. The Kier molecular flexibility index (Phi) is 3.57. The molecule has 0 aliphatic rings. The Morgan fingerprint density at radius 1 is 1.20 bits per heavy atom. The van der Waals surface area contributed by atoms with Gasteiger partial charge in [0.05, 0.1) is 0 Å². The van der Waals surface area contributed by atoms with Crippen LogP contribution in [-0.2, 0) is 0 Å². The fourth-order valence-electron chi connectivity index (χ4n) is 0.815. The van der Waals surface area contributed by atoms with Crippen LogP contribution in [0.1, 0.15) is 0 Å². The highest BCUT2D eigenvalue weighted by atomic mass is 32.2. The molecule has 0 saturated carbocycles. The van der Waals surface area contributed by atoms with Crippen molar-refractivity contribution in [1.29, 1.82) is 0 Å². The Labute approximate surface area is 87.2 Å². The van der Waals surface area contributed by atoms with Gasteiger partial charge in [-0.1, -0.05) is 11.8 Å². The average Bonchev–Trinajstić information content (AvgIpc) is 2.21. The lowest BCUT2D eigenvalue weighted by atomic mass is 10.2. The van der Waals surface area contributed by atoms with Gasteiger partial charge < -0.3 is 5.73 Å². The molecule has 0 fully saturated rings. The van der Waals surface area contributed by atoms with Crippen LogP contribution in [0.15, 0.2) is 11.1 Å². The van der Waals surface area contributed by atoms with E-state index in [0.29, 0.717) is 0 Å². The third-order valence-electron chi connectivity index (χ3n) is 1.52. The first-order chi connectivity index (χ1) is 6.97. The number of amidine groups is 1. The molecule has 7 heteroatoms. The zero-order chi connectivity index (χ0) is 11.6. The smallest absolute Gasteiger partial charge is 0.187 e. The molecule has 2 nitrogen and oxygen atoms in total. The molecule has 0 unspecified atom stereocenters. The lowest BCUT2D eigenvalue weighted by molar-refractivity contribution is 0.457. The van der Waals surface area contributed by atoms with Gasteiger partial charge in [-0.25, -0.2) is 22.6 Å². The number of hydrogen-bond donors (Lipinski definition) is 1. The molecule has 0 spiro atoms. The first-order valence-electron chi connectivity index (χ1n) is 3.68. The van der Waals surface area contributed by atoms with Crippen LogP contribution in [-0.4, -0.2) is 11.4 Å². The van der Waals surface area contributed by atoms with Gasteiger partial charge in [-0.15, -0.1) is 0 Å². The molecular formula is C8H6F4N2S. The first-order valence-corrected chi connectivity index (χ1v) is 4.91. The minimum atomic E-state index is -1.56. The molecule has 82 valence electrons. The van der Waals surface area contributed by atoms with Gasteiger partial charge in [0.1, 0.15) is 5.69 Å². The second-order valence-electron chi connectivity index (χ2n) is 2.47. The minimum Gasteiger partial charge on any atom is -0.378 e. The van der Waals surface area contributed by atoms with Gasteiger partial charge in [-0.2, -0.15) is 0 Å². The Balaban J connectivity index is 3.40. The number of aliphatic imine (C=N–C) groups is 1. The largest absolute Gasteiger partial charge is 0.378 e. The molecule has 0 aromatic heterocycles. The SMILES string of the molecule is CSC(N)=Nc1c(F)c(F)cc(F)c1F. The molecule has 1 rings (SSSR count). The lowest BCUT2D eigenvalue weighted by Crippen LogP contribution is -2.06. The number of thioether (sulfide) groups is 1. The van der Waals surface area contributed by atoms with Crippen molar-refractivity contribution >= 4 is 22.6 Å². The molecular weight excluding hydrogens is 232 g/mol. The van der Waals surface area contributed by atoms with Crippen LogP contribution in [0, 0.1) is 23.3 Å². The molecule has 0 aliphatic heterocycles. The van der Waals surface area contributed by atoms with Crippen LogP contribution >= 0.6 is 11.8 Å². The standard InChI is InChI=1S/C8H6F4N2S/c1-15-8(13)14-7-5(11)3(9)2-4(10)6(7)12/h2H,1H3,(H2,13,14). The molecule has 1 aromatic rings. The van der Waals surface area contributed by atoms with Crippen LogP contribution in [0.4, 0.5) is 23.2 Å². The van der Waals surface area contributed by atoms with E-state index in [1.807, 2.05) is 0 Å². The van der Waals surface area contributed by atoms with Gasteiger partial charge in [0.2, 0.25) is 0 Å². The van der Waals surface area contributed by atoms with E-state index in [9.17, 15) is 17.6 Å². The summed E-state index contributed by atoms with van der Waals surface area (Å²) in [7, 11) is 0. The fraction of sp³-hybridized carbons (Fsp3) is 0.125. The summed E-state index contributed by atoms with van der Waals surface area (Å²) in [5.41, 5.74) is 4.12. The van der Waals surface area contributed by atoms with Crippen molar-refractivity contribution in [2.24, 2.45) is 10.7 Å². The third-order valence-corrected chi connectivity index (χ3v) is 2.03. The van der Waals surface area contributed by atoms with Crippen LogP contribution in [0.2, 0.25) is 0 Å². The van der Waals surface area contributed by atoms with Gasteiger partial charge in [-0.05, 0) is 6.26 Å². The lowest BCUT2D eigenvalue weighted by Gasteiger charge is -2.02.